The zero-order chi connectivity index (χ0) is 7.68. The minimum absolute atomic E-state index is 0.251. The van der Waals surface area contributed by atoms with E-state index in [-0.39, 0.29) is 6.04 Å². The van der Waals surface area contributed by atoms with Crippen LogP contribution in [0.25, 0.3) is 0 Å². The summed E-state index contributed by atoms with van der Waals surface area (Å²) in [5.74, 6) is 0. The second-order valence-electron chi connectivity index (χ2n) is 2.69. The number of aliphatic imine (C=N–C) groups is 1. The van der Waals surface area contributed by atoms with E-state index in [0.29, 0.717) is 0 Å². The van der Waals surface area contributed by atoms with Gasteiger partial charge in [0, 0.05) is 5.70 Å². The number of allylic oxidation sites excluding steroid dienone is 3. The van der Waals surface area contributed by atoms with Gasteiger partial charge in [-0.3, -0.25) is 4.99 Å². The monoisotopic (exact) mass is 146 g/mol. The largest absolute Gasteiger partial charge is 0.350 e. The smallest absolute Gasteiger partial charge is 0.0967 e. The van der Waals surface area contributed by atoms with Gasteiger partial charge in [0.1, 0.15) is 0 Å². The normalized spacial score (nSPS) is 26.8. The third kappa shape index (κ3) is 1.00. The van der Waals surface area contributed by atoms with Crippen LogP contribution >= 0.6 is 0 Å². The fourth-order valence-corrected chi connectivity index (χ4v) is 1.31. The molecule has 0 amide bonds. The first-order valence-corrected chi connectivity index (χ1v) is 3.72. The molecule has 1 atom stereocenters. The lowest BCUT2D eigenvalue weighted by atomic mass is 10.00. The molecule has 1 aliphatic carbocycles. The van der Waals surface area contributed by atoms with E-state index in [0.717, 1.165) is 0 Å². The average Bonchev–Trinajstić information content (AvgIpc) is 2.06. The van der Waals surface area contributed by atoms with E-state index in [1.165, 1.54) is 11.3 Å². The molecule has 0 aromatic carbocycles. The van der Waals surface area contributed by atoms with Crippen molar-refractivity contribution in [2.24, 2.45) is 4.99 Å². The first-order valence-electron chi connectivity index (χ1n) is 3.72. The summed E-state index contributed by atoms with van der Waals surface area (Å²) in [4.78, 5) is 4.27. The van der Waals surface area contributed by atoms with Gasteiger partial charge in [0.05, 0.1) is 12.4 Å². The Kier molecular flexibility index (Phi) is 1.39. The van der Waals surface area contributed by atoms with E-state index in [2.05, 4.69) is 29.4 Å². The molecule has 2 rings (SSSR count). The summed E-state index contributed by atoms with van der Waals surface area (Å²) < 4.78 is 0. The van der Waals surface area contributed by atoms with E-state index >= 15 is 0 Å². The van der Waals surface area contributed by atoms with Crippen molar-refractivity contribution in [3.8, 4) is 0 Å². The summed E-state index contributed by atoms with van der Waals surface area (Å²) in [5.41, 5.74) is 2.47. The average molecular weight is 146 g/mol. The van der Waals surface area contributed by atoms with Gasteiger partial charge in [0.15, 0.2) is 0 Å². The molecule has 56 valence electrons. The number of fused-ring (bicyclic) bond motifs is 1. The van der Waals surface area contributed by atoms with Gasteiger partial charge in [-0.2, -0.15) is 0 Å². The zero-order valence-corrected chi connectivity index (χ0v) is 6.41. The molecule has 0 saturated carbocycles. The first kappa shape index (κ1) is 6.40. The van der Waals surface area contributed by atoms with Crippen LogP contribution in [-0.2, 0) is 0 Å². The quantitative estimate of drug-likeness (QED) is 0.548. The Morgan fingerprint density at radius 1 is 1.45 bits per heavy atom. The molecule has 0 saturated heterocycles. The van der Waals surface area contributed by atoms with Crippen LogP contribution in [0.1, 0.15) is 6.92 Å². The molecule has 2 nitrogen and oxygen atoms in total. The molecule has 2 heteroatoms. The SMILES string of the molecule is CC1=C2C=CC=CC2N=CN1. The maximum absolute atomic E-state index is 4.27. The lowest BCUT2D eigenvalue weighted by molar-refractivity contribution is 0.888. The number of nitrogens with zero attached hydrogens (tertiary/aromatic N) is 1. The fourth-order valence-electron chi connectivity index (χ4n) is 1.31. The van der Waals surface area contributed by atoms with Crippen molar-refractivity contribution in [2.75, 3.05) is 0 Å². The third-order valence-electron chi connectivity index (χ3n) is 1.95. The predicted molar refractivity (Wildman–Crippen MR) is 46.4 cm³/mol. The third-order valence-corrected chi connectivity index (χ3v) is 1.95. The maximum Gasteiger partial charge on any atom is 0.0967 e. The second-order valence-corrected chi connectivity index (χ2v) is 2.69. The summed E-state index contributed by atoms with van der Waals surface area (Å²) in [7, 11) is 0. The Morgan fingerprint density at radius 2 is 2.36 bits per heavy atom. The van der Waals surface area contributed by atoms with Gasteiger partial charge in [-0.25, -0.2) is 0 Å². The van der Waals surface area contributed by atoms with Crippen molar-refractivity contribution in [2.45, 2.75) is 13.0 Å². The Morgan fingerprint density at radius 3 is 3.18 bits per heavy atom. The van der Waals surface area contributed by atoms with Gasteiger partial charge in [0.2, 0.25) is 0 Å². The highest BCUT2D eigenvalue weighted by Crippen LogP contribution is 2.19. The van der Waals surface area contributed by atoms with Crippen molar-refractivity contribution in [3.63, 3.8) is 0 Å². The Bertz CT molecular complexity index is 282. The maximum atomic E-state index is 4.27. The Hall–Kier alpha value is -1.31. The van der Waals surface area contributed by atoms with E-state index in [1.807, 2.05) is 12.2 Å². The topological polar surface area (TPSA) is 24.4 Å². The lowest BCUT2D eigenvalue weighted by Gasteiger charge is -2.19. The van der Waals surface area contributed by atoms with Crippen LogP contribution in [-0.4, -0.2) is 12.4 Å². The number of nitrogens with one attached hydrogen (secondary N) is 1. The van der Waals surface area contributed by atoms with E-state index in [1.54, 1.807) is 6.34 Å². The van der Waals surface area contributed by atoms with Gasteiger partial charge in [-0.1, -0.05) is 24.3 Å². The van der Waals surface area contributed by atoms with E-state index < -0.39 is 0 Å². The van der Waals surface area contributed by atoms with Gasteiger partial charge < -0.3 is 5.32 Å². The highest BCUT2D eigenvalue weighted by molar-refractivity contribution is 5.63. The van der Waals surface area contributed by atoms with Crippen molar-refractivity contribution in [1.29, 1.82) is 0 Å². The molecule has 1 heterocycles. The minimum atomic E-state index is 0.251. The van der Waals surface area contributed by atoms with Crippen LogP contribution < -0.4 is 5.32 Å². The summed E-state index contributed by atoms with van der Waals surface area (Å²) in [6, 6.07) is 0.251. The number of hydrogen-bond donors (Lipinski definition) is 1. The molecule has 2 aliphatic rings. The molecule has 1 aliphatic heterocycles. The molecule has 1 unspecified atom stereocenters. The molecular formula is C9H10N2. The number of hydrogen-bond acceptors (Lipinski definition) is 2. The van der Waals surface area contributed by atoms with Crippen LogP contribution in [0.5, 0.6) is 0 Å². The molecular weight excluding hydrogens is 136 g/mol. The van der Waals surface area contributed by atoms with Crippen molar-refractivity contribution >= 4 is 6.34 Å². The number of rotatable bonds is 0. The van der Waals surface area contributed by atoms with Crippen LogP contribution in [0.4, 0.5) is 0 Å². The van der Waals surface area contributed by atoms with Crippen molar-refractivity contribution in [1.82, 2.24) is 5.32 Å². The lowest BCUT2D eigenvalue weighted by Crippen LogP contribution is -2.22. The molecule has 0 fully saturated rings. The van der Waals surface area contributed by atoms with Crippen molar-refractivity contribution < 1.29 is 0 Å². The van der Waals surface area contributed by atoms with Gasteiger partial charge >= 0.3 is 0 Å². The standard InChI is InChI=1S/C9H10N2/c1-7-8-4-2-3-5-9(8)11-6-10-7/h2-6,9H,1H3,(H,10,11). The summed E-state index contributed by atoms with van der Waals surface area (Å²) in [5, 5.41) is 3.08. The highest BCUT2D eigenvalue weighted by Gasteiger charge is 2.14. The Balaban J connectivity index is 2.40. The summed E-state index contributed by atoms with van der Waals surface area (Å²) >= 11 is 0. The predicted octanol–water partition coefficient (Wildman–Crippen LogP) is 1.39. The molecule has 0 bridgehead atoms. The molecule has 0 spiro atoms. The second kappa shape index (κ2) is 2.38. The van der Waals surface area contributed by atoms with E-state index in [9.17, 15) is 0 Å². The molecule has 1 N–H and O–H groups in total. The molecule has 0 radical (unpaired) electrons. The van der Waals surface area contributed by atoms with Crippen LogP contribution in [0, 0.1) is 0 Å². The summed E-state index contributed by atoms with van der Waals surface area (Å²) in [6.07, 6.45) is 10.0. The van der Waals surface area contributed by atoms with Crippen LogP contribution in [0.2, 0.25) is 0 Å². The highest BCUT2D eigenvalue weighted by atomic mass is 15.0. The zero-order valence-electron chi connectivity index (χ0n) is 6.41. The summed E-state index contributed by atoms with van der Waals surface area (Å²) in [6.45, 7) is 2.07. The fraction of sp³-hybridized carbons (Fsp3) is 0.222. The van der Waals surface area contributed by atoms with Gasteiger partial charge in [0.25, 0.3) is 0 Å². The van der Waals surface area contributed by atoms with E-state index in [4.69, 9.17) is 0 Å². The van der Waals surface area contributed by atoms with Gasteiger partial charge in [-0.05, 0) is 12.5 Å². The van der Waals surface area contributed by atoms with Gasteiger partial charge in [-0.15, -0.1) is 0 Å². The molecule has 0 aromatic heterocycles. The molecule has 11 heavy (non-hydrogen) atoms. The van der Waals surface area contributed by atoms with Crippen molar-refractivity contribution in [3.05, 3.63) is 35.6 Å². The van der Waals surface area contributed by atoms with Crippen LogP contribution in [0.15, 0.2) is 40.6 Å². The molecule has 0 aromatic rings. The van der Waals surface area contributed by atoms with Crippen LogP contribution in [0.3, 0.4) is 0 Å². The first-order chi connectivity index (χ1) is 5.38. The Labute approximate surface area is 66.0 Å². The minimum Gasteiger partial charge on any atom is -0.350 e.